The van der Waals surface area contributed by atoms with Gasteiger partial charge in [-0.1, -0.05) is 26.0 Å². The minimum absolute atomic E-state index is 0.122. The summed E-state index contributed by atoms with van der Waals surface area (Å²) in [4.78, 5) is 2.30. The van der Waals surface area contributed by atoms with Crippen LogP contribution < -0.4 is 5.73 Å². The Morgan fingerprint density at radius 3 is 2.58 bits per heavy atom. The third-order valence-electron chi connectivity index (χ3n) is 3.88. The molecule has 0 aromatic heterocycles. The fourth-order valence-electron chi connectivity index (χ4n) is 2.17. The second-order valence-corrected chi connectivity index (χ2v) is 6.11. The lowest BCUT2D eigenvalue weighted by atomic mass is 9.90. The Hall–Kier alpha value is -0.930. The Labute approximate surface area is 116 Å². The average molecular weight is 266 g/mol. The molecule has 0 amide bonds. The Bertz CT molecular complexity index is 392. The monoisotopic (exact) mass is 266 g/mol. The van der Waals surface area contributed by atoms with Crippen molar-refractivity contribution in [3.05, 3.63) is 35.6 Å². The summed E-state index contributed by atoms with van der Waals surface area (Å²) in [6.45, 7) is 8.18. The van der Waals surface area contributed by atoms with E-state index in [1.807, 2.05) is 6.07 Å². The quantitative estimate of drug-likeness (QED) is 0.822. The van der Waals surface area contributed by atoms with Crippen molar-refractivity contribution in [3.8, 4) is 0 Å². The number of likely N-dealkylation sites (N-methyl/N-ethyl adjacent to an activating group) is 1. The van der Waals surface area contributed by atoms with E-state index in [4.69, 9.17) is 5.73 Å². The van der Waals surface area contributed by atoms with Crippen molar-refractivity contribution in [1.82, 2.24) is 4.90 Å². The molecule has 0 bridgehead atoms. The van der Waals surface area contributed by atoms with Crippen molar-refractivity contribution in [2.45, 2.75) is 39.2 Å². The van der Waals surface area contributed by atoms with Crippen LogP contribution in [0.1, 0.15) is 32.8 Å². The molecule has 0 fully saturated rings. The minimum atomic E-state index is -0.179. The lowest BCUT2D eigenvalue weighted by Gasteiger charge is -2.38. The molecule has 0 saturated carbocycles. The molecule has 0 saturated heterocycles. The second kappa shape index (κ2) is 7.01. The first-order valence-electron chi connectivity index (χ1n) is 7.03. The maximum absolute atomic E-state index is 13.3. The molecule has 1 aromatic carbocycles. The highest BCUT2D eigenvalue weighted by atomic mass is 19.1. The molecule has 0 aliphatic rings. The van der Waals surface area contributed by atoms with Gasteiger partial charge in [-0.15, -0.1) is 0 Å². The number of halogens is 1. The molecule has 1 atom stereocenters. The minimum Gasteiger partial charge on any atom is -0.329 e. The van der Waals surface area contributed by atoms with E-state index in [0.29, 0.717) is 12.5 Å². The van der Waals surface area contributed by atoms with E-state index in [9.17, 15) is 4.39 Å². The molecule has 0 aliphatic carbocycles. The summed E-state index contributed by atoms with van der Waals surface area (Å²) in [6, 6.07) is 6.80. The summed E-state index contributed by atoms with van der Waals surface area (Å²) < 4.78 is 13.3. The predicted octanol–water partition coefficient (Wildman–Crippen LogP) is 3.06. The fourth-order valence-corrected chi connectivity index (χ4v) is 2.17. The summed E-state index contributed by atoms with van der Waals surface area (Å²) in [5.41, 5.74) is 6.85. The molecule has 2 nitrogen and oxygen atoms in total. The van der Waals surface area contributed by atoms with Crippen LogP contribution in [0.5, 0.6) is 0 Å². The normalized spacial score (nSPS) is 14.9. The Morgan fingerprint density at radius 2 is 2.05 bits per heavy atom. The Kier molecular flexibility index (Phi) is 5.95. The van der Waals surface area contributed by atoms with Gasteiger partial charge >= 0.3 is 0 Å². The second-order valence-electron chi connectivity index (χ2n) is 6.11. The molecule has 3 heteroatoms. The van der Waals surface area contributed by atoms with Gasteiger partial charge in [0, 0.05) is 12.1 Å². The highest BCUT2D eigenvalue weighted by Gasteiger charge is 2.28. The van der Waals surface area contributed by atoms with E-state index in [0.717, 1.165) is 24.9 Å². The zero-order valence-corrected chi connectivity index (χ0v) is 12.6. The molecule has 19 heavy (non-hydrogen) atoms. The summed E-state index contributed by atoms with van der Waals surface area (Å²) in [6.07, 6.45) is 1.92. The van der Waals surface area contributed by atoms with E-state index in [-0.39, 0.29) is 11.4 Å². The van der Waals surface area contributed by atoms with Crippen LogP contribution in [0.15, 0.2) is 24.3 Å². The number of hydrogen-bond donors (Lipinski definition) is 1. The largest absolute Gasteiger partial charge is 0.329 e. The third-order valence-corrected chi connectivity index (χ3v) is 3.88. The van der Waals surface area contributed by atoms with Gasteiger partial charge in [-0.2, -0.15) is 0 Å². The van der Waals surface area contributed by atoms with E-state index in [1.165, 1.54) is 6.07 Å². The number of benzene rings is 1. The molecular weight excluding hydrogens is 239 g/mol. The van der Waals surface area contributed by atoms with Gasteiger partial charge in [0.1, 0.15) is 5.82 Å². The molecule has 0 radical (unpaired) electrons. The van der Waals surface area contributed by atoms with Crippen LogP contribution in [-0.4, -0.2) is 30.6 Å². The van der Waals surface area contributed by atoms with Gasteiger partial charge in [0.15, 0.2) is 0 Å². The zero-order valence-electron chi connectivity index (χ0n) is 12.6. The van der Waals surface area contributed by atoms with Gasteiger partial charge in [0.2, 0.25) is 0 Å². The van der Waals surface area contributed by atoms with E-state index in [2.05, 4.69) is 32.7 Å². The smallest absolute Gasteiger partial charge is 0.123 e. The van der Waals surface area contributed by atoms with Gasteiger partial charge in [-0.3, -0.25) is 4.90 Å². The van der Waals surface area contributed by atoms with Crippen LogP contribution in [-0.2, 0) is 6.42 Å². The van der Waals surface area contributed by atoms with Crippen LogP contribution in [0.4, 0.5) is 4.39 Å². The van der Waals surface area contributed by atoms with Crippen LogP contribution >= 0.6 is 0 Å². The van der Waals surface area contributed by atoms with Crippen molar-refractivity contribution in [2.75, 3.05) is 20.1 Å². The fraction of sp³-hybridized carbons (Fsp3) is 0.625. The van der Waals surface area contributed by atoms with Crippen molar-refractivity contribution in [2.24, 2.45) is 11.7 Å². The van der Waals surface area contributed by atoms with E-state index < -0.39 is 0 Å². The maximum atomic E-state index is 13.3. The molecule has 1 aromatic rings. The topological polar surface area (TPSA) is 29.3 Å². The van der Waals surface area contributed by atoms with Crippen molar-refractivity contribution in [3.63, 3.8) is 0 Å². The first kappa shape index (κ1) is 16.1. The Balaban J connectivity index is 2.73. The number of nitrogens with two attached hydrogens (primary N) is 1. The van der Waals surface area contributed by atoms with Crippen molar-refractivity contribution < 1.29 is 4.39 Å². The lowest BCUT2D eigenvalue weighted by Crippen LogP contribution is -2.51. The van der Waals surface area contributed by atoms with Gasteiger partial charge in [0.05, 0.1) is 0 Å². The maximum Gasteiger partial charge on any atom is 0.123 e. The van der Waals surface area contributed by atoms with Crippen LogP contribution in [0.2, 0.25) is 0 Å². The average Bonchev–Trinajstić information content (AvgIpc) is 2.35. The third kappa shape index (κ3) is 4.92. The number of nitrogens with zero attached hydrogens (tertiary/aromatic N) is 1. The number of hydrogen-bond acceptors (Lipinski definition) is 2. The van der Waals surface area contributed by atoms with E-state index in [1.54, 1.807) is 12.1 Å². The van der Waals surface area contributed by atoms with Gasteiger partial charge in [-0.05, 0) is 57.0 Å². The standard InChI is InChI=1S/C16H27FN2/c1-13(2)8-9-19(4)16(3,12-18)11-14-6-5-7-15(17)10-14/h5-7,10,13H,8-9,11-12,18H2,1-4H3. The first-order chi connectivity index (χ1) is 8.87. The lowest BCUT2D eigenvalue weighted by molar-refractivity contribution is 0.137. The predicted molar refractivity (Wildman–Crippen MR) is 79.6 cm³/mol. The zero-order chi connectivity index (χ0) is 14.5. The molecule has 1 unspecified atom stereocenters. The SMILES string of the molecule is CC(C)CCN(C)C(C)(CN)Cc1cccc(F)c1. The number of rotatable bonds is 7. The summed E-state index contributed by atoms with van der Waals surface area (Å²) in [7, 11) is 2.11. The molecule has 0 aliphatic heterocycles. The summed E-state index contributed by atoms with van der Waals surface area (Å²) >= 11 is 0. The van der Waals surface area contributed by atoms with Crippen LogP contribution in [0.25, 0.3) is 0 Å². The first-order valence-corrected chi connectivity index (χ1v) is 7.03. The van der Waals surface area contributed by atoms with Crippen molar-refractivity contribution in [1.29, 1.82) is 0 Å². The summed E-state index contributed by atoms with van der Waals surface area (Å²) in [5, 5.41) is 0. The molecule has 108 valence electrons. The highest BCUT2D eigenvalue weighted by Crippen LogP contribution is 2.20. The Morgan fingerprint density at radius 1 is 1.37 bits per heavy atom. The van der Waals surface area contributed by atoms with Gasteiger partial charge < -0.3 is 5.73 Å². The van der Waals surface area contributed by atoms with E-state index >= 15 is 0 Å². The van der Waals surface area contributed by atoms with Crippen LogP contribution in [0, 0.1) is 11.7 Å². The highest BCUT2D eigenvalue weighted by molar-refractivity contribution is 5.19. The molecule has 0 spiro atoms. The molecule has 1 rings (SSSR count). The van der Waals surface area contributed by atoms with Crippen LogP contribution in [0.3, 0.4) is 0 Å². The molecule has 2 N–H and O–H groups in total. The van der Waals surface area contributed by atoms with Gasteiger partial charge in [0.25, 0.3) is 0 Å². The van der Waals surface area contributed by atoms with Crippen molar-refractivity contribution >= 4 is 0 Å². The van der Waals surface area contributed by atoms with Gasteiger partial charge in [-0.25, -0.2) is 4.39 Å². The molecule has 0 heterocycles. The summed E-state index contributed by atoms with van der Waals surface area (Å²) in [5.74, 6) is 0.500. The molecular formula is C16H27FN2.